The standard InChI is InChI=1S/C34H50BrN5O6/c1-5-21(3)30-34(45)39-17-11-10-14-29(39)33(44)36-26(13-9-7-8-12-24(41)6-2)31(42)37-27(32(43)38-30)18-22-20-40(46-4)28-16-15-23(35)19-25(22)28/h15-16,19,21-22,26-27,29-30H,5-14,17-18,20H2,1-4H3,(H,36,44)(H,37,42)(H,38,43)/t21-,22-,26-,27-,29+,30-/m0/s1. The lowest BCUT2D eigenvalue weighted by Crippen LogP contribution is -2.64. The van der Waals surface area contributed by atoms with Crippen LogP contribution in [-0.4, -0.2) is 78.7 Å². The van der Waals surface area contributed by atoms with Gasteiger partial charge in [-0.25, -0.2) is 0 Å². The number of Topliss-reactive ketones (excluding diaryl/α,β-unsaturated/α-hetero) is 1. The molecule has 3 aliphatic heterocycles. The molecule has 4 rings (SSSR count). The number of piperidine rings is 1. The van der Waals surface area contributed by atoms with Gasteiger partial charge >= 0.3 is 0 Å². The highest BCUT2D eigenvalue weighted by atomic mass is 79.9. The van der Waals surface area contributed by atoms with E-state index in [1.807, 2.05) is 39.0 Å². The van der Waals surface area contributed by atoms with Crippen LogP contribution in [0.25, 0.3) is 0 Å². The minimum atomic E-state index is -0.960. The van der Waals surface area contributed by atoms with E-state index in [-0.39, 0.29) is 35.9 Å². The summed E-state index contributed by atoms with van der Waals surface area (Å²) >= 11 is 3.56. The summed E-state index contributed by atoms with van der Waals surface area (Å²) < 4.78 is 0.892. The highest BCUT2D eigenvalue weighted by Crippen LogP contribution is 2.40. The number of anilines is 1. The Labute approximate surface area is 281 Å². The summed E-state index contributed by atoms with van der Waals surface area (Å²) in [5, 5.41) is 10.7. The van der Waals surface area contributed by atoms with E-state index in [0.717, 1.165) is 35.0 Å². The summed E-state index contributed by atoms with van der Waals surface area (Å²) in [5.41, 5.74) is 1.88. The maximum absolute atomic E-state index is 14.1. The Kier molecular flexibility index (Phi) is 13.0. The first-order valence-electron chi connectivity index (χ1n) is 16.9. The molecule has 3 N–H and O–H groups in total. The number of ketones is 1. The van der Waals surface area contributed by atoms with Crippen LogP contribution < -0.4 is 21.0 Å². The zero-order chi connectivity index (χ0) is 33.4. The van der Waals surface area contributed by atoms with Crippen LogP contribution in [0.4, 0.5) is 5.69 Å². The molecule has 3 aliphatic rings. The van der Waals surface area contributed by atoms with E-state index >= 15 is 0 Å². The molecular formula is C34H50BrN5O6. The Morgan fingerprint density at radius 1 is 1.00 bits per heavy atom. The van der Waals surface area contributed by atoms with E-state index in [0.29, 0.717) is 58.0 Å². The van der Waals surface area contributed by atoms with Crippen molar-refractivity contribution in [1.29, 1.82) is 0 Å². The number of carbonyl (C=O) groups excluding carboxylic acids is 5. The summed E-state index contributed by atoms with van der Waals surface area (Å²) in [7, 11) is 1.60. The van der Waals surface area contributed by atoms with Gasteiger partial charge in [0.25, 0.3) is 0 Å². The summed E-state index contributed by atoms with van der Waals surface area (Å²) in [5.74, 6) is -1.57. The fraction of sp³-hybridized carbons (Fsp3) is 0.676. The molecule has 4 amide bonds. The van der Waals surface area contributed by atoms with E-state index in [9.17, 15) is 24.0 Å². The van der Waals surface area contributed by atoms with Crippen LogP contribution in [0.2, 0.25) is 0 Å². The molecular weight excluding hydrogens is 654 g/mol. The molecule has 2 fully saturated rings. The van der Waals surface area contributed by atoms with Crippen molar-refractivity contribution in [2.45, 2.75) is 121 Å². The number of nitrogens with one attached hydrogen (secondary N) is 3. The lowest BCUT2D eigenvalue weighted by molar-refractivity contribution is -0.147. The SMILES string of the molecule is CCC(=O)CCCCC[C@@H]1NC(=O)[C@H]2CCCCN2C(=O)[C@H]([C@@H](C)CC)NC(=O)[C@H](C[C@H]2CN(OC)c3ccc(Br)cc32)NC1=O. The molecule has 0 unspecified atom stereocenters. The Hall–Kier alpha value is -2.99. The number of amides is 4. The Morgan fingerprint density at radius 2 is 1.74 bits per heavy atom. The number of hydrogen-bond acceptors (Lipinski definition) is 7. The highest BCUT2D eigenvalue weighted by Gasteiger charge is 2.42. The molecule has 254 valence electrons. The molecule has 11 nitrogen and oxygen atoms in total. The highest BCUT2D eigenvalue weighted by molar-refractivity contribution is 9.10. The summed E-state index contributed by atoms with van der Waals surface area (Å²) in [4.78, 5) is 74.9. The van der Waals surface area contributed by atoms with Gasteiger partial charge in [-0.1, -0.05) is 56.0 Å². The first kappa shape index (κ1) is 35.9. The van der Waals surface area contributed by atoms with Crippen molar-refractivity contribution in [3.05, 3.63) is 28.2 Å². The number of unbranched alkanes of at least 4 members (excludes halogenated alkanes) is 2. The van der Waals surface area contributed by atoms with Gasteiger partial charge in [0.15, 0.2) is 0 Å². The number of nitrogens with zero attached hydrogens (tertiary/aromatic N) is 2. The molecule has 0 saturated carbocycles. The van der Waals surface area contributed by atoms with Crippen LogP contribution in [0.5, 0.6) is 0 Å². The van der Waals surface area contributed by atoms with Gasteiger partial charge in [0, 0.05) is 29.8 Å². The second kappa shape index (κ2) is 16.7. The minimum Gasteiger partial charge on any atom is -0.343 e. The maximum Gasteiger partial charge on any atom is 0.246 e. The number of halogens is 1. The van der Waals surface area contributed by atoms with Crippen molar-refractivity contribution in [2.24, 2.45) is 5.92 Å². The lowest BCUT2D eigenvalue weighted by Gasteiger charge is -2.39. The Morgan fingerprint density at radius 3 is 2.46 bits per heavy atom. The van der Waals surface area contributed by atoms with Crippen LogP contribution in [-0.2, 0) is 28.8 Å². The normalized spacial score (nSPS) is 26.2. The molecule has 0 aromatic heterocycles. The minimum absolute atomic E-state index is 0.148. The fourth-order valence-electron chi connectivity index (χ4n) is 6.78. The predicted octanol–water partition coefficient (Wildman–Crippen LogP) is 4.13. The number of fused-ring (bicyclic) bond motifs is 2. The predicted molar refractivity (Wildman–Crippen MR) is 179 cm³/mol. The third-order valence-corrected chi connectivity index (χ3v) is 10.3. The van der Waals surface area contributed by atoms with Crippen LogP contribution in [0.1, 0.15) is 103 Å². The second-order valence-corrected chi connectivity index (χ2v) is 13.8. The van der Waals surface area contributed by atoms with Gasteiger partial charge in [-0.05, 0) is 68.2 Å². The van der Waals surface area contributed by atoms with Crippen LogP contribution in [0.15, 0.2) is 22.7 Å². The smallest absolute Gasteiger partial charge is 0.246 e. The molecule has 2 saturated heterocycles. The van der Waals surface area contributed by atoms with Crippen LogP contribution in [0.3, 0.4) is 0 Å². The molecule has 0 radical (unpaired) electrons. The molecule has 0 bridgehead atoms. The van der Waals surface area contributed by atoms with Gasteiger partial charge < -0.3 is 20.9 Å². The fourth-order valence-corrected chi connectivity index (χ4v) is 7.16. The quantitative estimate of drug-likeness (QED) is 0.279. The summed E-state index contributed by atoms with van der Waals surface area (Å²) in [6.07, 6.45) is 6.43. The van der Waals surface area contributed by atoms with Crippen molar-refractivity contribution >= 4 is 51.0 Å². The second-order valence-electron chi connectivity index (χ2n) is 12.9. The van der Waals surface area contributed by atoms with Crippen molar-refractivity contribution in [3.63, 3.8) is 0 Å². The number of carbonyl (C=O) groups is 5. The van der Waals surface area contributed by atoms with E-state index in [4.69, 9.17) is 4.84 Å². The van der Waals surface area contributed by atoms with E-state index in [1.165, 1.54) is 0 Å². The molecule has 6 atom stereocenters. The molecule has 1 aromatic rings. The van der Waals surface area contributed by atoms with Crippen LogP contribution >= 0.6 is 15.9 Å². The molecule has 12 heteroatoms. The van der Waals surface area contributed by atoms with Gasteiger partial charge in [0.05, 0.1) is 19.3 Å². The van der Waals surface area contributed by atoms with Crippen molar-refractivity contribution < 1.29 is 28.8 Å². The number of rotatable bonds is 12. The van der Waals surface area contributed by atoms with Gasteiger partial charge in [-0.15, -0.1) is 0 Å². The number of hydrogen-bond donors (Lipinski definition) is 3. The molecule has 3 heterocycles. The van der Waals surface area contributed by atoms with Gasteiger partial charge in [0.2, 0.25) is 23.6 Å². The van der Waals surface area contributed by atoms with Crippen molar-refractivity contribution in [1.82, 2.24) is 20.9 Å². The molecule has 46 heavy (non-hydrogen) atoms. The summed E-state index contributed by atoms with van der Waals surface area (Å²) in [6.45, 7) is 6.65. The third kappa shape index (κ3) is 8.67. The largest absolute Gasteiger partial charge is 0.343 e. The zero-order valence-electron chi connectivity index (χ0n) is 27.6. The van der Waals surface area contributed by atoms with E-state index in [1.54, 1.807) is 17.1 Å². The first-order valence-corrected chi connectivity index (χ1v) is 17.7. The van der Waals surface area contributed by atoms with E-state index < -0.39 is 36.0 Å². The molecule has 1 aromatic carbocycles. The number of benzene rings is 1. The average molecular weight is 705 g/mol. The van der Waals surface area contributed by atoms with Gasteiger partial charge in [0.1, 0.15) is 30.0 Å². The monoisotopic (exact) mass is 703 g/mol. The third-order valence-electron chi connectivity index (χ3n) is 9.80. The van der Waals surface area contributed by atoms with Crippen molar-refractivity contribution in [3.8, 4) is 0 Å². The van der Waals surface area contributed by atoms with Crippen molar-refractivity contribution in [2.75, 3.05) is 25.3 Å². The first-order chi connectivity index (χ1) is 22.1. The molecule has 0 spiro atoms. The molecule has 0 aliphatic carbocycles. The Bertz CT molecular complexity index is 1280. The van der Waals surface area contributed by atoms with Gasteiger partial charge in [-0.3, -0.25) is 33.9 Å². The lowest BCUT2D eigenvalue weighted by atomic mass is 9.91. The van der Waals surface area contributed by atoms with E-state index in [2.05, 4.69) is 31.9 Å². The van der Waals surface area contributed by atoms with Gasteiger partial charge in [-0.2, -0.15) is 0 Å². The Balaban J connectivity index is 1.64. The maximum atomic E-state index is 14.1. The summed E-state index contributed by atoms with van der Waals surface area (Å²) in [6, 6.07) is 2.52. The number of hydroxylamine groups is 1. The zero-order valence-corrected chi connectivity index (χ0v) is 29.2. The van der Waals surface area contributed by atoms with Crippen LogP contribution in [0, 0.1) is 5.92 Å². The topological polar surface area (TPSA) is 137 Å². The average Bonchev–Trinajstić information content (AvgIpc) is 3.40.